The number of carbonyl (C=O) groups excluding carboxylic acids is 1. The molecule has 6 heteroatoms. The third kappa shape index (κ3) is 3.47. The molecular formula is C19H22N4O2. The fraction of sp³-hybridized carbons (Fsp3) is 0.316. The predicted molar refractivity (Wildman–Crippen MR) is 98.7 cm³/mol. The molecule has 0 unspecified atom stereocenters. The second-order valence-electron chi connectivity index (χ2n) is 7.05. The molecule has 0 amide bonds. The SMILES string of the molecule is COC(=O)c1ccc2c(-c3cnn(C)c3)cnc(NC(C)(C)C)c2c1. The number of aromatic nitrogens is 3. The molecule has 0 saturated carbocycles. The van der Waals surface area contributed by atoms with Gasteiger partial charge in [0.05, 0.1) is 18.9 Å². The van der Waals surface area contributed by atoms with E-state index in [1.807, 2.05) is 37.8 Å². The summed E-state index contributed by atoms with van der Waals surface area (Å²) in [6, 6.07) is 5.52. The number of nitrogens with one attached hydrogen (secondary N) is 1. The van der Waals surface area contributed by atoms with Gasteiger partial charge in [0.1, 0.15) is 5.82 Å². The summed E-state index contributed by atoms with van der Waals surface area (Å²) in [6.45, 7) is 6.21. The Hall–Kier alpha value is -2.89. The van der Waals surface area contributed by atoms with Crippen LogP contribution in [-0.4, -0.2) is 33.4 Å². The number of hydrogen-bond acceptors (Lipinski definition) is 5. The van der Waals surface area contributed by atoms with Gasteiger partial charge in [-0.15, -0.1) is 0 Å². The molecule has 6 nitrogen and oxygen atoms in total. The van der Waals surface area contributed by atoms with Gasteiger partial charge in [-0.25, -0.2) is 9.78 Å². The summed E-state index contributed by atoms with van der Waals surface area (Å²) < 4.78 is 6.61. The number of nitrogens with zero attached hydrogens (tertiary/aromatic N) is 3. The number of methoxy groups -OCH3 is 1. The van der Waals surface area contributed by atoms with E-state index >= 15 is 0 Å². The third-order valence-corrected chi connectivity index (χ3v) is 3.82. The van der Waals surface area contributed by atoms with Crippen LogP contribution in [0.5, 0.6) is 0 Å². The molecule has 0 saturated heterocycles. The molecule has 3 aromatic rings. The van der Waals surface area contributed by atoms with Crippen LogP contribution in [0.4, 0.5) is 5.82 Å². The van der Waals surface area contributed by atoms with E-state index in [0.29, 0.717) is 5.56 Å². The normalized spacial score (nSPS) is 11.6. The molecule has 0 aliphatic heterocycles. The topological polar surface area (TPSA) is 69.0 Å². The average molecular weight is 338 g/mol. The molecule has 0 atom stereocenters. The molecule has 0 radical (unpaired) electrons. The van der Waals surface area contributed by atoms with E-state index in [2.05, 4.69) is 36.2 Å². The number of esters is 1. The zero-order chi connectivity index (χ0) is 18.2. The summed E-state index contributed by atoms with van der Waals surface area (Å²) in [5.41, 5.74) is 2.29. The van der Waals surface area contributed by atoms with Crippen LogP contribution in [-0.2, 0) is 11.8 Å². The van der Waals surface area contributed by atoms with Crippen LogP contribution >= 0.6 is 0 Å². The van der Waals surface area contributed by atoms with E-state index in [1.54, 1.807) is 10.7 Å². The van der Waals surface area contributed by atoms with Crippen molar-refractivity contribution in [2.75, 3.05) is 12.4 Å². The molecule has 0 spiro atoms. The summed E-state index contributed by atoms with van der Waals surface area (Å²) in [6.07, 6.45) is 5.59. The highest BCUT2D eigenvalue weighted by molar-refractivity contribution is 6.05. The van der Waals surface area contributed by atoms with Crippen molar-refractivity contribution in [3.8, 4) is 11.1 Å². The summed E-state index contributed by atoms with van der Waals surface area (Å²) in [5, 5.41) is 9.52. The number of rotatable bonds is 3. The van der Waals surface area contributed by atoms with Gasteiger partial charge in [-0.2, -0.15) is 5.10 Å². The van der Waals surface area contributed by atoms with Gasteiger partial charge in [-0.3, -0.25) is 4.68 Å². The second-order valence-corrected chi connectivity index (χ2v) is 7.05. The van der Waals surface area contributed by atoms with Crippen LogP contribution in [0.2, 0.25) is 0 Å². The molecule has 0 aliphatic carbocycles. The maximum absolute atomic E-state index is 11.9. The van der Waals surface area contributed by atoms with E-state index in [0.717, 1.165) is 27.7 Å². The van der Waals surface area contributed by atoms with Gasteiger partial charge in [0.2, 0.25) is 0 Å². The molecular weight excluding hydrogens is 316 g/mol. The Morgan fingerprint density at radius 2 is 1.96 bits per heavy atom. The smallest absolute Gasteiger partial charge is 0.337 e. The molecule has 25 heavy (non-hydrogen) atoms. The molecule has 3 rings (SSSR count). The van der Waals surface area contributed by atoms with Crippen LogP contribution in [0.25, 0.3) is 21.9 Å². The van der Waals surface area contributed by atoms with Crippen molar-refractivity contribution in [2.45, 2.75) is 26.3 Å². The fourth-order valence-electron chi connectivity index (χ4n) is 2.73. The molecule has 1 aromatic carbocycles. The first-order valence-electron chi connectivity index (χ1n) is 8.07. The number of benzene rings is 1. The first-order chi connectivity index (χ1) is 11.8. The van der Waals surface area contributed by atoms with E-state index in [9.17, 15) is 4.79 Å². The van der Waals surface area contributed by atoms with Gasteiger partial charge in [-0.1, -0.05) is 6.07 Å². The zero-order valence-corrected chi connectivity index (χ0v) is 15.1. The molecule has 2 aromatic heterocycles. The van der Waals surface area contributed by atoms with Crippen LogP contribution in [0.15, 0.2) is 36.8 Å². The van der Waals surface area contributed by atoms with Gasteiger partial charge >= 0.3 is 5.97 Å². The van der Waals surface area contributed by atoms with E-state index in [1.165, 1.54) is 7.11 Å². The van der Waals surface area contributed by atoms with Crippen molar-refractivity contribution >= 4 is 22.6 Å². The quantitative estimate of drug-likeness (QED) is 0.739. The minimum absolute atomic E-state index is 0.156. The van der Waals surface area contributed by atoms with E-state index in [4.69, 9.17) is 4.74 Å². The average Bonchev–Trinajstić information content (AvgIpc) is 2.99. The van der Waals surface area contributed by atoms with Gasteiger partial charge in [0.15, 0.2) is 0 Å². The molecule has 0 bridgehead atoms. The summed E-state index contributed by atoms with van der Waals surface area (Å²) >= 11 is 0. The Bertz CT molecular complexity index is 938. The Morgan fingerprint density at radius 1 is 1.20 bits per heavy atom. The van der Waals surface area contributed by atoms with E-state index < -0.39 is 0 Å². The number of hydrogen-bond donors (Lipinski definition) is 1. The Kier molecular flexibility index (Phi) is 4.20. The summed E-state index contributed by atoms with van der Waals surface area (Å²) in [4.78, 5) is 16.5. The standard InChI is InChI=1S/C19H22N4O2/c1-19(2,3)22-17-15-8-12(18(24)25-5)6-7-14(15)16(10-20-17)13-9-21-23(4)11-13/h6-11H,1-5H3,(H,20,22). The minimum Gasteiger partial charge on any atom is -0.465 e. The highest BCUT2D eigenvalue weighted by atomic mass is 16.5. The van der Waals surface area contributed by atoms with Crippen molar-refractivity contribution in [3.63, 3.8) is 0 Å². The highest BCUT2D eigenvalue weighted by Crippen LogP contribution is 2.33. The van der Waals surface area contributed by atoms with E-state index in [-0.39, 0.29) is 11.5 Å². The van der Waals surface area contributed by atoms with Gasteiger partial charge in [0, 0.05) is 41.5 Å². The van der Waals surface area contributed by atoms with Gasteiger partial charge in [0.25, 0.3) is 0 Å². The number of pyridine rings is 1. The maximum atomic E-state index is 11.9. The molecule has 2 heterocycles. The van der Waals surface area contributed by atoms with Crippen LogP contribution in [0.3, 0.4) is 0 Å². The van der Waals surface area contributed by atoms with Crippen LogP contribution in [0, 0.1) is 0 Å². The lowest BCUT2D eigenvalue weighted by Gasteiger charge is -2.23. The van der Waals surface area contributed by atoms with Crippen LogP contribution in [0.1, 0.15) is 31.1 Å². The number of carbonyl (C=O) groups is 1. The molecule has 0 aliphatic rings. The first kappa shape index (κ1) is 17.0. The predicted octanol–water partition coefficient (Wildman–Crippen LogP) is 3.63. The molecule has 130 valence electrons. The maximum Gasteiger partial charge on any atom is 0.337 e. The molecule has 0 fully saturated rings. The Labute approximate surface area is 146 Å². The summed E-state index contributed by atoms with van der Waals surface area (Å²) in [7, 11) is 3.26. The minimum atomic E-state index is -0.365. The number of aryl methyl sites for hydroxylation is 1. The second kappa shape index (κ2) is 6.20. The number of anilines is 1. The lowest BCUT2D eigenvalue weighted by molar-refractivity contribution is 0.0601. The fourth-order valence-corrected chi connectivity index (χ4v) is 2.73. The van der Waals surface area contributed by atoms with Gasteiger partial charge in [-0.05, 0) is 38.3 Å². The highest BCUT2D eigenvalue weighted by Gasteiger charge is 2.17. The van der Waals surface area contributed by atoms with Crippen molar-refractivity contribution in [3.05, 3.63) is 42.4 Å². The third-order valence-electron chi connectivity index (χ3n) is 3.82. The van der Waals surface area contributed by atoms with Crippen molar-refractivity contribution in [2.24, 2.45) is 7.05 Å². The number of ether oxygens (including phenoxy) is 1. The Balaban J connectivity index is 2.24. The zero-order valence-electron chi connectivity index (χ0n) is 15.1. The van der Waals surface area contributed by atoms with Gasteiger partial charge < -0.3 is 10.1 Å². The lowest BCUT2D eigenvalue weighted by atomic mass is 10.00. The van der Waals surface area contributed by atoms with Crippen LogP contribution < -0.4 is 5.32 Å². The number of fused-ring (bicyclic) bond motifs is 1. The Morgan fingerprint density at radius 3 is 2.56 bits per heavy atom. The first-order valence-corrected chi connectivity index (χ1v) is 8.07. The van der Waals surface area contributed by atoms with Crippen molar-refractivity contribution in [1.82, 2.24) is 14.8 Å². The molecule has 1 N–H and O–H groups in total. The monoisotopic (exact) mass is 338 g/mol. The largest absolute Gasteiger partial charge is 0.465 e. The van der Waals surface area contributed by atoms with Crippen molar-refractivity contribution in [1.29, 1.82) is 0 Å². The summed E-state index contributed by atoms with van der Waals surface area (Å²) in [5.74, 6) is 0.372. The lowest BCUT2D eigenvalue weighted by Crippen LogP contribution is -2.26. The van der Waals surface area contributed by atoms with Crippen molar-refractivity contribution < 1.29 is 9.53 Å².